The van der Waals surface area contributed by atoms with Crippen LogP contribution >= 0.6 is 11.8 Å². The van der Waals surface area contributed by atoms with Gasteiger partial charge in [0.2, 0.25) is 0 Å². The van der Waals surface area contributed by atoms with Gasteiger partial charge in [-0.15, -0.1) is 11.8 Å². The summed E-state index contributed by atoms with van der Waals surface area (Å²) in [5.41, 5.74) is 6.86. The van der Waals surface area contributed by atoms with Crippen molar-refractivity contribution in [3.63, 3.8) is 0 Å². The first-order valence-electron chi connectivity index (χ1n) is 5.84. The van der Waals surface area contributed by atoms with Crippen molar-refractivity contribution in [1.82, 2.24) is 4.98 Å². The first-order chi connectivity index (χ1) is 9.60. The van der Waals surface area contributed by atoms with E-state index in [1.165, 1.54) is 6.20 Å². The Labute approximate surface area is 120 Å². The van der Waals surface area contributed by atoms with Crippen LogP contribution in [0, 0.1) is 0 Å². The number of aromatic nitrogens is 1. The lowest BCUT2D eigenvalue weighted by molar-refractivity contribution is 0.0691. The number of anilines is 1. The number of aromatic carboxylic acids is 1. The van der Waals surface area contributed by atoms with Crippen molar-refractivity contribution in [1.29, 1.82) is 0 Å². The normalized spacial score (nSPS) is 10.2. The summed E-state index contributed by atoms with van der Waals surface area (Å²) in [7, 11) is 1.63. The summed E-state index contributed by atoms with van der Waals surface area (Å²) in [5.74, 6) is 0.446. The predicted molar refractivity (Wildman–Crippen MR) is 78.2 cm³/mol. The van der Waals surface area contributed by atoms with Gasteiger partial charge in [0.1, 0.15) is 5.75 Å². The summed E-state index contributed by atoms with van der Waals surface area (Å²) in [6.07, 6.45) is 1.52. The van der Waals surface area contributed by atoms with Gasteiger partial charge in [0.15, 0.2) is 5.69 Å². The molecule has 0 fully saturated rings. The van der Waals surface area contributed by atoms with E-state index >= 15 is 0 Å². The standard InChI is InChI=1S/C14H14N2O3S/c1-19-10-4-2-9(3-5-10)8-20-11-6-12(15)13(14(17)18)16-7-11/h2-7H,8,15H2,1H3,(H,17,18). The van der Waals surface area contributed by atoms with Gasteiger partial charge in [-0.25, -0.2) is 9.78 Å². The van der Waals surface area contributed by atoms with Crippen LogP contribution < -0.4 is 10.5 Å². The molecule has 1 aromatic carbocycles. The highest BCUT2D eigenvalue weighted by atomic mass is 32.2. The highest BCUT2D eigenvalue weighted by Gasteiger charge is 2.10. The molecule has 0 spiro atoms. The molecule has 1 heterocycles. The van der Waals surface area contributed by atoms with Gasteiger partial charge >= 0.3 is 5.97 Å². The fourth-order valence-electron chi connectivity index (χ4n) is 1.61. The lowest BCUT2D eigenvalue weighted by Crippen LogP contribution is -2.05. The second-order valence-electron chi connectivity index (χ2n) is 4.05. The number of hydrogen-bond acceptors (Lipinski definition) is 5. The first-order valence-corrected chi connectivity index (χ1v) is 6.83. The van der Waals surface area contributed by atoms with Gasteiger partial charge in [-0.2, -0.15) is 0 Å². The SMILES string of the molecule is COc1ccc(CSc2cnc(C(=O)O)c(N)c2)cc1. The molecule has 6 heteroatoms. The van der Waals surface area contributed by atoms with E-state index in [0.717, 1.165) is 22.0 Å². The number of carbonyl (C=O) groups is 1. The third-order valence-corrected chi connectivity index (χ3v) is 3.69. The second kappa shape index (κ2) is 6.29. The minimum absolute atomic E-state index is 0.112. The fraction of sp³-hybridized carbons (Fsp3) is 0.143. The van der Waals surface area contributed by atoms with Crippen LogP contribution in [0.25, 0.3) is 0 Å². The Morgan fingerprint density at radius 3 is 2.65 bits per heavy atom. The van der Waals surface area contributed by atoms with E-state index in [9.17, 15) is 4.79 Å². The first kappa shape index (κ1) is 14.2. The van der Waals surface area contributed by atoms with Gasteiger partial charge in [0, 0.05) is 16.8 Å². The molecule has 1 aromatic heterocycles. The Kier molecular flexibility index (Phi) is 4.47. The summed E-state index contributed by atoms with van der Waals surface area (Å²) >= 11 is 1.55. The molecule has 0 saturated carbocycles. The number of thioether (sulfide) groups is 1. The van der Waals surface area contributed by atoms with Gasteiger partial charge in [0.05, 0.1) is 12.8 Å². The van der Waals surface area contributed by atoms with E-state index in [0.29, 0.717) is 0 Å². The Bertz CT molecular complexity index is 614. The lowest BCUT2D eigenvalue weighted by atomic mass is 10.2. The van der Waals surface area contributed by atoms with Gasteiger partial charge in [-0.1, -0.05) is 12.1 Å². The van der Waals surface area contributed by atoms with E-state index < -0.39 is 5.97 Å². The van der Waals surface area contributed by atoms with E-state index in [4.69, 9.17) is 15.6 Å². The molecule has 0 radical (unpaired) electrons. The van der Waals surface area contributed by atoms with Crippen molar-refractivity contribution in [2.75, 3.05) is 12.8 Å². The van der Waals surface area contributed by atoms with Crippen LogP contribution in [-0.2, 0) is 5.75 Å². The number of nitrogens with zero attached hydrogens (tertiary/aromatic N) is 1. The summed E-state index contributed by atoms with van der Waals surface area (Å²) < 4.78 is 5.09. The topological polar surface area (TPSA) is 85.4 Å². The average Bonchev–Trinajstić information content (AvgIpc) is 2.45. The number of carboxylic acids is 1. The maximum Gasteiger partial charge on any atom is 0.356 e. The van der Waals surface area contributed by atoms with Crippen molar-refractivity contribution in [2.24, 2.45) is 0 Å². The molecule has 0 aliphatic heterocycles. The number of rotatable bonds is 5. The molecule has 0 aliphatic carbocycles. The molecule has 104 valence electrons. The minimum atomic E-state index is -1.12. The van der Waals surface area contributed by atoms with Gasteiger partial charge < -0.3 is 15.6 Å². The van der Waals surface area contributed by atoms with Crippen LogP contribution in [0.1, 0.15) is 16.1 Å². The number of carboxylic acid groups (broad SMARTS) is 1. The Balaban J connectivity index is 2.03. The Morgan fingerprint density at radius 2 is 2.10 bits per heavy atom. The molecule has 2 aromatic rings. The predicted octanol–water partition coefficient (Wildman–Crippen LogP) is 2.66. The molecular weight excluding hydrogens is 276 g/mol. The van der Waals surface area contributed by atoms with E-state index in [1.807, 2.05) is 24.3 Å². The Hall–Kier alpha value is -2.21. The van der Waals surface area contributed by atoms with Gasteiger partial charge in [-0.3, -0.25) is 0 Å². The van der Waals surface area contributed by atoms with Crippen LogP contribution in [0.2, 0.25) is 0 Å². The third kappa shape index (κ3) is 3.42. The number of nitrogen functional groups attached to an aromatic ring is 1. The number of hydrogen-bond donors (Lipinski definition) is 2. The number of nitrogens with two attached hydrogens (primary N) is 1. The summed E-state index contributed by atoms with van der Waals surface area (Å²) in [4.78, 5) is 15.5. The second-order valence-corrected chi connectivity index (χ2v) is 5.10. The van der Waals surface area contributed by atoms with E-state index in [1.54, 1.807) is 24.9 Å². The molecule has 2 rings (SSSR count). The lowest BCUT2D eigenvalue weighted by Gasteiger charge is -2.05. The van der Waals surface area contributed by atoms with Crippen LogP contribution in [0.15, 0.2) is 41.4 Å². The molecule has 3 N–H and O–H groups in total. The zero-order chi connectivity index (χ0) is 14.5. The largest absolute Gasteiger partial charge is 0.497 e. The summed E-state index contributed by atoms with van der Waals surface area (Å²) in [6.45, 7) is 0. The number of methoxy groups -OCH3 is 1. The average molecular weight is 290 g/mol. The third-order valence-electron chi connectivity index (χ3n) is 2.66. The fourth-order valence-corrected chi connectivity index (χ4v) is 2.47. The molecular formula is C14H14N2O3S. The smallest absolute Gasteiger partial charge is 0.356 e. The molecule has 0 aliphatic rings. The molecule has 0 unspecified atom stereocenters. The number of benzene rings is 1. The number of pyridine rings is 1. The van der Waals surface area contributed by atoms with Crippen molar-refractivity contribution in [3.8, 4) is 5.75 Å². The number of ether oxygens (including phenoxy) is 1. The molecule has 0 atom stereocenters. The highest BCUT2D eigenvalue weighted by Crippen LogP contribution is 2.25. The highest BCUT2D eigenvalue weighted by molar-refractivity contribution is 7.98. The summed E-state index contributed by atoms with van der Waals surface area (Å²) in [5, 5.41) is 8.85. The minimum Gasteiger partial charge on any atom is -0.497 e. The zero-order valence-corrected chi connectivity index (χ0v) is 11.7. The molecule has 0 amide bonds. The Morgan fingerprint density at radius 1 is 1.40 bits per heavy atom. The van der Waals surface area contributed by atoms with Crippen molar-refractivity contribution in [3.05, 3.63) is 47.8 Å². The maximum absolute atomic E-state index is 10.8. The molecule has 0 saturated heterocycles. The van der Waals surface area contributed by atoms with E-state index in [2.05, 4.69) is 4.98 Å². The van der Waals surface area contributed by atoms with Crippen molar-refractivity contribution < 1.29 is 14.6 Å². The van der Waals surface area contributed by atoms with Crippen LogP contribution in [0.5, 0.6) is 5.75 Å². The van der Waals surface area contributed by atoms with Gasteiger partial charge in [0.25, 0.3) is 0 Å². The quantitative estimate of drug-likeness (QED) is 0.823. The monoisotopic (exact) mass is 290 g/mol. The van der Waals surface area contributed by atoms with Crippen LogP contribution in [-0.4, -0.2) is 23.2 Å². The van der Waals surface area contributed by atoms with Crippen LogP contribution in [0.3, 0.4) is 0 Å². The molecule has 0 bridgehead atoms. The molecule has 20 heavy (non-hydrogen) atoms. The van der Waals surface area contributed by atoms with Crippen molar-refractivity contribution in [2.45, 2.75) is 10.6 Å². The van der Waals surface area contributed by atoms with E-state index in [-0.39, 0.29) is 11.4 Å². The van der Waals surface area contributed by atoms with Gasteiger partial charge in [-0.05, 0) is 23.8 Å². The van der Waals surface area contributed by atoms with Crippen molar-refractivity contribution >= 4 is 23.4 Å². The van der Waals surface area contributed by atoms with Crippen LogP contribution in [0.4, 0.5) is 5.69 Å². The maximum atomic E-state index is 10.8. The molecule has 5 nitrogen and oxygen atoms in total. The zero-order valence-electron chi connectivity index (χ0n) is 10.9. The summed E-state index contributed by atoms with van der Waals surface area (Å²) in [6, 6.07) is 9.39.